The normalized spacial score (nSPS) is 24.7. The molecule has 2 N–H and O–H groups in total. The van der Waals surface area contributed by atoms with Gasteiger partial charge >= 0.3 is 0 Å². The van der Waals surface area contributed by atoms with Crippen LogP contribution in [0.2, 0.25) is 0 Å². The van der Waals surface area contributed by atoms with Gasteiger partial charge < -0.3 is 10.6 Å². The number of hydrogen-bond acceptors (Lipinski definition) is 4. The van der Waals surface area contributed by atoms with Crippen LogP contribution in [0.25, 0.3) is 0 Å². The Morgan fingerprint density at radius 1 is 1.21 bits per heavy atom. The molecule has 19 heavy (non-hydrogen) atoms. The maximum Gasteiger partial charge on any atom is 0.235 e. The molecule has 1 atom stereocenters. The molecule has 110 valence electrons. The maximum absolute atomic E-state index is 12.0. The third-order valence-corrected chi connectivity index (χ3v) is 6.33. The average Bonchev–Trinajstić information content (AvgIpc) is 3.01. The highest BCUT2D eigenvalue weighted by Gasteiger charge is 2.30. The number of rotatable bonds is 6. The van der Waals surface area contributed by atoms with E-state index >= 15 is 0 Å². The van der Waals surface area contributed by atoms with Crippen molar-refractivity contribution in [3.8, 4) is 0 Å². The third kappa shape index (κ3) is 4.45. The Kier molecular flexibility index (Phi) is 5.21. The van der Waals surface area contributed by atoms with Crippen molar-refractivity contribution in [3.63, 3.8) is 0 Å². The van der Waals surface area contributed by atoms with Gasteiger partial charge in [0.25, 0.3) is 0 Å². The Labute approximate surface area is 115 Å². The van der Waals surface area contributed by atoms with Crippen LogP contribution < -0.4 is 10.6 Å². The smallest absolute Gasteiger partial charge is 0.235 e. The molecule has 2 aliphatic rings. The van der Waals surface area contributed by atoms with Gasteiger partial charge in [0.1, 0.15) is 5.75 Å². The standard InChI is InChI=1S/C13H24N2O3S/c16-13(15-8-6-11-5-7-14-9-11)10-19(17,18)12-3-1-2-4-12/h11-12,14H,1-10H2,(H,15,16). The van der Waals surface area contributed by atoms with Crippen LogP contribution in [0.15, 0.2) is 0 Å². The van der Waals surface area contributed by atoms with E-state index in [9.17, 15) is 13.2 Å². The van der Waals surface area contributed by atoms with Gasteiger partial charge in [-0.25, -0.2) is 8.42 Å². The van der Waals surface area contributed by atoms with Crippen LogP contribution in [0.4, 0.5) is 0 Å². The molecule has 0 aromatic carbocycles. The highest BCUT2D eigenvalue weighted by Crippen LogP contribution is 2.25. The zero-order chi connectivity index (χ0) is 13.7. The van der Waals surface area contributed by atoms with Crippen molar-refractivity contribution in [2.75, 3.05) is 25.4 Å². The average molecular weight is 288 g/mol. The number of sulfone groups is 1. The maximum atomic E-state index is 12.0. The summed E-state index contributed by atoms with van der Waals surface area (Å²) in [7, 11) is -3.23. The Morgan fingerprint density at radius 3 is 2.58 bits per heavy atom. The second-order valence-corrected chi connectivity index (χ2v) is 7.99. The van der Waals surface area contributed by atoms with Gasteiger partial charge in [-0.05, 0) is 44.7 Å². The predicted molar refractivity (Wildman–Crippen MR) is 74.6 cm³/mol. The molecule has 1 aliphatic heterocycles. The molecular weight excluding hydrogens is 264 g/mol. The number of amides is 1. The van der Waals surface area contributed by atoms with Gasteiger partial charge in [-0.3, -0.25) is 4.79 Å². The fourth-order valence-corrected chi connectivity index (χ4v) is 4.73. The van der Waals surface area contributed by atoms with Gasteiger partial charge in [0.2, 0.25) is 5.91 Å². The predicted octanol–water partition coefficient (Wildman–Crippen LogP) is 0.460. The van der Waals surface area contributed by atoms with E-state index in [4.69, 9.17) is 0 Å². The van der Waals surface area contributed by atoms with Crippen LogP contribution in [0.3, 0.4) is 0 Å². The minimum atomic E-state index is -3.23. The highest BCUT2D eigenvalue weighted by molar-refractivity contribution is 7.92. The second-order valence-electron chi connectivity index (χ2n) is 5.71. The lowest BCUT2D eigenvalue weighted by molar-refractivity contribution is -0.118. The molecule has 0 radical (unpaired) electrons. The van der Waals surface area contributed by atoms with E-state index in [1.54, 1.807) is 0 Å². The lowest BCUT2D eigenvalue weighted by Crippen LogP contribution is -2.35. The molecule has 1 heterocycles. The summed E-state index contributed by atoms with van der Waals surface area (Å²) < 4.78 is 24.0. The fourth-order valence-electron chi connectivity index (χ4n) is 2.98. The molecule has 2 fully saturated rings. The van der Waals surface area contributed by atoms with E-state index < -0.39 is 9.84 Å². The van der Waals surface area contributed by atoms with Crippen molar-refractivity contribution in [3.05, 3.63) is 0 Å². The number of carbonyl (C=O) groups excluding carboxylic acids is 1. The van der Waals surface area contributed by atoms with Crippen LogP contribution in [-0.2, 0) is 14.6 Å². The number of nitrogens with one attached hydrogen (secondary N) is 2. The second kappa shape index (κ2) is 6.70. The van der Waals surface area contributed by atoms with Gasteiger partial charge in [-0.2, -0.15) is 0 Å². The van der Waals surface area contributed by atoms with Gasteiger partial charge in [0.05, 0.1) is 5.25 Å². The largest absolute Gasteiger partial charge is 0.355 e. The van der Waals surface area contributed by atoms with E-state index in [1.165, 1.54) is 0 Å². The zero-order valence-electron chi connectivity index (χ0n) is 11.4. The van der Waals surface area contributed by atoms with Gasteiger partial charge in [-0.15, -0.1) is 0 Å². The highest BCUT2D eigenvalue weighted by atomic mass is 32.2. The first kappa shape index (κ1) is 14.8. The SMILES string of the molecule is O=C(CS(=O)(=O)C1CCCC1)NCCC1CCNC1. The Bertz CT molecular complexity index is 396. The number of hydrogen-bond donors (Lipinski definition) is 2. The van der Waals surface area contributed by atoms with Crippen LogP contribution in [0.1, 0.15) is 38.5 Å². The summed E-state index contributed by atoms with van der Waals surface area (Å²) in [4.78, 5) is 11.7. The molecule has 2 rings (SSSR count). The third-order valence-electron chi connectivity index (χ3n) is 4.18. The first-order valence-corrected chi connectivity index (χ1v) is 8.98. The Morgan fingerprint density at radius 2 is 1.95 bits per heavy atom. The molecule has 0 aromatic rings. The lowest BCUT2D eigenvalue weighted by atomic mass is 10.1. The first-order valence-electron chi connectivity index (χ1n) is 7.27. The summed E-state index contributed by atoms with van der Waals surface area (Å²) in [5.41, 5.74) is 0. The molecule has 1 saturated carbocycles. The summed E-state index contributed by atoms with van der Waals surface area (Å²) in [5.74, 6) is -0.0507. The molecule has 0 aromatic heterocycles. The lowest BCUT2D eigenvalue weighted by Gasteiger charge is -2.12. The van der Waals surface area contributed by atoms with E-state index in [0.29, 0.717) is 12.5 Å². The van der Waals surface area contributed by atoms with Crippen molar-refractivity contribution < 1.29 is 13.2 Å². The monoisotopic (exact) mass is 288 g/mol. The molecule has 1 saturated heterocycles. The molecule has 1 unspecified atom stereocenters. The molecular formula is C13H24N2O3S. The minimum absolute atomic E-state index is 0.280. The van der Waals surface area contributed by atoms with Crippen LogP contribution in [0, 0.1) is 5.92 Å². The Balaban J connectivity index is 1.68. The molecule has 1 amide bonds. The first-order chi connectivity index (χ1) is 9.08. The quantitative estimate of drug-likeness (QED) is 0.744. The topological polar surface area (TPSA) is 75.3 Å². The van der Waals surface area contributed by atoms with Gasteiger partial charge in [0.15, 0.2) is 9.84 Å². The van der Waals surface area contributed by atoms with Crippen molar-refractivity contribution in [1.29, 1.82) is 0 Å². The van der Waals surface area contributed by atoms with Crippen LogP contribution >= 0.6 is 0 Å². The summed E-state index contributed by atoms with van der Waals surface area (Å²) in [6.07, 6.45) is 5.48. The minimum Gasteiger partial charge on any atom is -0.355 e. The van der Waals surface area contributed by atoms with Crippen molar-refractivity contribution in [2.45, 2.75) is 43.8 Å². The summed E-state index contributed by atoms with van der Waals surface area (Å²) in [6.45, 7) is 2.65. The van der Waals surface area contributed by atoms with Crippen LogP contribution in [0.5, 0.6) is 0 Å². The van der Waals surface area contributed by atoms with E-state index in [2.05, 4.69) is 10.6 Å². The van der Waals surface area contributed by atoms with Gasteiger partial charge in [-0.1, -0.05) is 12.8 Å². The fraction of sp³-hybridized carbons (Fsp3) is 0.923. The van der Waals surface area contributed by atoms with Crippen LogP contribution in [-0.4, -0.2) is 45.0 Å². The summed E-state index contributed by atoms with van der Waals surface area (Å²) in [5, 5.41) is 5.74. The van der Waals surface area contributed by atoms with E-state index in [0.717, 1.165) is 51.6 Å². The van der Waals surface area contributed by atoms with E-state index in [-0.39, 0.29) is 16.9 Å². The molecule has 0 bridgehead atoms. The van der Waals surface area contributed by atoms with E-state index in [1.807, 2.05) is 0 Å². The molecule has 5 nitrogen and oxygen atoms in total. The Hall–Kier alpha value is -0.620. The molecule has 6 heteroatoms. The van der Waals surface area contributed by atoms with Crippen molar-refractivity contribution >= 4 is 15.7 Å². The molecule has 1 aliphatic carbocycles. The van der Waals surface area contributed by atoms with Crippen molar-refractivity contribution in [1.82, 2.24) is 10.6 Å². The summed E-state index contributed by atoms with van der Waals surface area (Å²) in [6, 6.07) is 0. The number of carbonyl (C=O) groups is 1. The molecule has 0 spiro atoms. The van der Waals surface area contributed by atoms with Crippen molar-refractivity contribution in [2.24, 2.45) is 5.92 Å². The van der Waals surface area contributed by atoms with Gasteiger partial charge in [0, 0.05) is 6.54 Å². The summed E-state index contributed by atoms with van der Waals surface area (Å²) >= 11 is 0. The zero-order valence-corrected chi connectivity index (χ0v) is 12.2.